The SMILES string of the molecule is N#CC1CC(Oc2nc3ccc(OCC4CCC4)nc3s2)C1. The van der Waals surface area contributed by atoms with E-state index in [2.05, 4.69) is 16.0 Å². The molecule has 0 amide bonds. The fraction of sp³-hybridized carbons (Fsp3) is 0.562. The van der Waals surface area contributed by atoms with Crippen molar-refractivity contribution in [1.82, 2.24) is 9.97 Å². The van der Waals surface area contributed by atoms with Crippen LogP contribution in [-0.4, -0.2) is 22.7 Å². The van der Waals surface area contributed by atoms with Crippen molar-refractivity contribution in [2.75, 3.05) is 6.61 Å². The smallest absolute Gasteiger partial charge is 0.276 e. The summed E-state index contributed by atoms with van der Waals surface area (Å²) in [5.74, 6) is 1.51. The van der Waals surface area contributed by atoms with E-state index in [-0.39, 0.29) is 12.0 Å². The minimum Gasteiger partial charge on any atom is -0.477 e. The molecule has 22 heavy (non-hydrogen) atoms. The molecule has 0 bridgehead atoms. The minimum absolute atomic E-state index is 0.125. The first-order chi connectivity index (χ1) is 10.8. The van der Waals surface area contributed by atoms with Crippen LogP contribution in [0.1, 0.15) is 32.1 Å². The highest BCUT2D eigenvalue weighted by Crippen LogP contribution is 2.34. The van der Waals surface area contributed by atoms with Gasteiger partial charge in [0, 0.05) is 18.9 Å². The zero-order valence-electron chi connectivity index (χ0n) is 12.2. The van der Waals surface area contributed by atoms with Crippen LogP contribution in [-0.2, 0) is 0 Å². The fourth-order valence-corrected chi connectivity index (χ4v) is 3.53. The Morgan fingerprint density at radius 1 is 1.27 bits per heavy atom. The Labute approximate surface area is 132 Å². The molecule has 2 fully saturated rings. The Morgan fingerprint density at radius 3 is 2.86 bits per heavy atom. The van der Waals surface area contributed by atoms with Gasteiger partial charge in [-0.05, 0) is 24.8 Å². The zero-order valence-corrected chi connectivity index (χ0v) is 13.0. The number of rotatable bonds is 5. The Balaban J connectivity index is 1.40. The highest BCUT2D eigenvalue weighted by molar-refractivity contribution is 7.19. The highest BCUT2D eigenvalue weighted by atomic mass is 32.1. The second kappa shape index (κ2) is 5.73. The van der Waals surface area contributed by atoms with Crippen LogP contribution in [0.25, 0.3) is 10.3 Å². The number of hydrogen-bond donors (Lipinski definition) is 0. The number of pyridine rings is 1. The molecule has 0 unspecified atom stereocenters. The minimum atomic E-state index is 0.125. The Hall–Kier alpha value is -1.87. The molecule has 2 heterocycles. The molecule has 0 aromatic carbocycles. The molecule has 4 rings (SSSR count). The van der Waals surface area contributed by atoms with Gasteiger partial charge in [-0.25, -0.2) is 9.97 Å². The quantitative estimate of drug-likeness (QED) is 0.844. The summed E-state index contributed by atoms with van der Waals surface area (Å²) in [6, 6.07) is 6.06. The van der Waals surface area contributed by atoms with E-state index < -0.39 is 0 Å². The molecular formula is C16H17N3O2S. The molecule has 6 heteroatoms. The summed E-state index contributed by atoms with van der Waals surface area (Å²) in [6.07, 6.45) is 5.59. The van der Waals surface area contributed by atoms with Gasteiger partial charge in [-0.2, -0.15) is 5.26 Å². The Morgan fingerprint density at radius 2 is 2.14 bits per heavy atom. The van der Waals surface area contributed by atoms with Gasteiger partial charge < -0.3 is 9.47 Å². The highest BCUT2D eigenvalue weighted by Gasteiger charge is 2.31. The number of hydrogen-bond acceptors (Lipinski definition) is 6. The lowest BCUT2D eigenvalue weighted by Crippen LogP contribution is -2.32. The molecule has 2 aromatic heterocycles. The summed E-state index contributed by atoms with van der Waals surface area (Å²) < 4.78 is 11.6. The zero-order chi connectivity index (χ0) is 14.9. The molecule has 2 aromatic rings. The van der Waals surface area contributed by atoms with Crippen molar-refractivity contribution in [3.8, 4) is 17.1 Å². The first-order valence-electron chi connectivity index (χ1n) is 7.77. The van der Waals surface area contributed by atoms with Gasteiger partial charge in [-0.15, -0.1) is 0 Å². The lowest BCUT2D eigenvalue weighted by molar-refractivity contribution is 0.0892. The van der Waals surface area contributed by atoms with Gasteiger partial charge in [-0.3, -0.25) is 0 Å². The van der Waals surface area contributed by atoms with Crippen molar-refractivity contribution in [2.24, 2.45) is 11.8 Å². The van der Waals surface area contributed by atoms with Gasteiger partial charge in [0.1, 0.15) is 11.6 Å². The van der Waals surface area contributed by atoms with Crippen molar-refractivity contribution < 1.29 is 9.47 Å². The summed E-state index contributed by atoms with van der Waals surface area (Å²) in [4.78, 5) is 9.80. The molecule has 5 nitrogen and oxygen atoms in total. The molecule has 0 aliphatic heterocycles. The molecule has 0 spiro atoms. The van der Waals surface area contributed by atoms with Crippen molar-refractivity contribution in [2.45, 2.75) is 38.2 Å². The van der Waals surface area contributed by atoms with E-state index in [1.54, 1.807) is 0 Å². The third-order valence-corrected chi connectivity index (χ3v) is 5.30. The first-order valence-corrected chi connectivity index (χ1v) is 8.58. The molecule has 0 radical (unpaired) electrons. The molecule has 0 N–H and O–H groups in total. The number of nitrogens with zero attached hydrogens (tertiary/aromatic N) is 3. The molecule has 114 valence electrons. The van der Waals surface area contributed by atoms with Crippen LogP contribution >= 0.6 is 11.3 Å². The molecule has 2 saturated carbocycles. The van der Waals surface area contributed by atoms with Crippen molar-refractivity contribution >= 4 is 21.7 Å². The average Bonchev–Trinajstić information content (AvgIpc) is 2.82. The standard InChI is InChI=1S/C16H17N3O2S/c17-8-11-6-12(7-11)21-16-18-13-4-5-14(19-15(13)22-16)20-9-10-2-1-3-10/h4-5,10-12H,1-3,6-7,9H2. The maximum absolute atomic E-state index is 8.78. The lowest BCUT2D eigenvalue weighted by atomic mass is 9.84. The van der Waals surface area contributed by atoms with Crippen LogP contribution in [0.3, 0.4) is 0 Å². The predicted octanol–water partition coefficient (Wildman–Crippen LogP) is 3.55. The predicted molar refractivity (Wildman–Crippen MR) is 83.0 cm³/mol. The number of aromatic nitrogens is 2. The average molecular weight is 315 g/mol. The maximum atomic E-state index is 8.78. The summed E-state index contributed by atoms with van der Waals surface area (Å²) >= 11 is 1.44. The summed E-state index contributed by atoms with van der Waals surface area (Å²) in [5.41, 5.74) is 0.840. The second-order valence-electron chi connectivity index (χ2n) is 6.10. The van der Waals surface area contributed by atoms with E-state index in [9.17, 15) is 0 Å². The van der Waals surface area contributed by atoms with Gasteiger partial charge in [0.25, 0.3) is 5.19 Å². The van der Waals surface area contributed by atoms with Gasteiger partial charge in [0.2, 0.25) is 5.88 Å². The van der Waals surface area contributed by atoms with E-state index in [1.807, 2.05) is 12.1 Å². The van der Waals surface area contributed by atoms with Crippen LogP contribution in [0.5, 0.6) is 11.1 Å². The number of thiazole rings is 1. The number of fused-ring (bicyclic) bond motifs is 1. The molecule has 0 saturated heterocycles. The van der Waals surface area contributed by atoms with E-state index in [4.69, 9.17) is 14.7 Å². The second-order valence-corrected chi connectivity index (χ2v) is 7.04. The number of ether oxygens (including phenoxy) is 2. The normalized spacial score (nSPS) is 24.3. The van der Waals surface area contributed by atoms with Gasteiger partial charge in [-0.1, -0.05) is 17.8 Å². The first kappa shape index (κ1) is 13.8. The molecular weight excluding hydrogens is 298 g/mol. The van der Waals surface area contributed by atoms with E-state index in [1.165, 1.54) is 30.6 Å². The van der Waals surface area contributed by atoms with E-state index >= 15 is 0 Å². The van der Waals surface area contributed by atoms with Crippen LogP contribution in [0.4, 0.5) is 0 Å². The maximum Gasteiger partial charge on any atom is 0.276 e. The lowest BCUT2D eigenvalue weighted by Gasteiger charge is -2.29. The Kier molecular flexibility index (Phi) is 3.59. The summed E-state index contributed by atoms with van der Waals surface area (Å²) in [7, 11) is 0. The fourth-order valence-electron chi connectivity index (χ4n) is 2.68. The monoisotopic (exact) mass is 315 g/mol. The van der Waals surface area contributed by atoms with Gasteiger partial charge in [0.05, 0.1) is 18.6 Å². The van der Waals surface area contributed by atoms with Gasteiger partial charge >= 0.3 is 0 Å². The third kappa shape index (κ3) is 2.73. The van der Waals surface area contributed by atoms with E-state index in [0.717, 1.165) is 29.8 Å². The van der Waals surface area contributed by atoms with E-state index in [0.29, 0.717) is 17.0 Å². The van der Waals surface area contributed by atoms with Crippen molar-refractivity contribution in [3.05, 3.63) is 12.1 Å². The van der Waals surface area contributed by atoms with Crippen LogP contribution in [0.15, 0.2) is 12.1 Å². The largest absolute Gasteiger partial charge is 0.477 e. The molecule has 2 aliphatic rings. The van der Waals surface area contributed by atoms with Crippen molar-refractivity contribution in [3.63, 3.8) is 0 Å². The summed E-state index contributed by atoms with van der Waals surface area (Å²) in [5, 5.41) is 9.42. The molecule has 2 aliphatic carbocycles. The van der Waals surface area contributed by atoms with Crippen molar-refractivity contribution in [1.29, 1.82) is 5.26 Å². The Bertz CT molecular complexity index is 714. The van der Waals surface area contributed by atoms with Gasteiger partial charge in [0.15, 0.2) is 4.83 Å². The van der Waals surface area contributed by atoms with Crippen LogP contribution in [0.2, 0.25) is 0 Å². The molecule has 0 atom stereocenters. The topological polar surface area (TPSA) is 68.0 Å². The van der Waals surface area contributed by atoms with Crippen LogP contribution in [0, 0.1) is 23.2 Å². The summed E-state index contributed by atoms with van der Waals surface area (Å²) in [6.45, 7) is 0.762. The number of nitriles is 1. The third-order valence-electron chi connectivity index (χ3n) is 4.45. The van der Waals surface area contributed by atoms with Crippen LogP contribution < -0.4 is 9.47 Å².